The molecule has 0 saturated heterocycles. The first-order valence-corrected chi connectivity index (χ1v) is 10.6. The van der Waals surface area contributed by atoms with E-state index in [1.54, 1.807) is 0 Å². The summed E-state index contributed by atoms with van der Waals surface area (Å²) in [6.07, 6.45) is 0. The normalized spacial score (nSPS) is 12.6. The van der Waals surface area contributed by atoms with E-state index < -0.39 is 20.2 Å². The van der Waals surface area contributed by atoms with Crippen molar-refractivity contribution in [1.82, 2.24) is 0 Å². The molecule has 3 rings (SSSR count). The van der Waals surface area contributed by atoms with Gasteiger partial charge in [0.25, 0.3) is 20.2 Å². The van der Waals surface area contributed by atoms with Crippen LogP contribution in [0.4, 0.5) is 5.69 Å². The van der Waals surface area contributed by atoms with Crippen molar-refractivity contribution >= 4 is 36.7 Å². The lowest BCUT2D eigenvalue weighted by Crippen LogP contribution is -1.97. The van der Waals surface area contributed by atoms with Gasteiger partial charge in [0.2, 0.25) is 0 Å². The van der Waals surface area contributed by atoms with Gasteiger partial charge in [0, 0.05) is 5.39 Å². The highest BCUT2D eigenvalue weighted by Crippen LogP contribution is 2.36. The van der Waals surface area contributed by atoms with E-state index in [9.17, 15) is 21.9 Å². The topological polar surface area (TPSA) is 154 Å². The molecule has 0 radical (unpaired) electrons. The van der Waals surface area contributed by atoms with Crippen molar-refractivity contribution in [2.75, 3.05) is 0 Å². The molecule has 9 nitrogen and oxygen atoms in total. The first-order chi connectivity index (χ1) is 13.1. The van der Waals surface area contributed by atoms with Crippen LogP contribution in [0.5, 0.6) is 5.75 Å². The summed E-state index contributed by atoms with van der Waals surface area (Å²) in [5.41, 5.74) is 0.735. The van der Waals surface area contributed by atoms with Gasteiger partial charge in [0.15, 0.2) is 0 Å². The summed E-state index contributed by atoms with van der Waals surface area (Å²) in [4.78, 5) is -0.526. The second kappa shape index (κ2) is 7.28. The summed E-state index contributed by atoms with van der Waals surface area (Å²) in [6, 6.07) is 12.0. The van der Waals surface area contributed by atoms with Crippen LogP contribution in [-0.4, -0.2) is 31.0 Å². The van der Waals surface area contributed by atoms with E-state index in [1.807, 2.05) is 0 Å². The van der Waals surface area contributed by atoms with Crippen LogP contribution < -0.4 is 0 Å². The van der Waals surface area contributed by atoms with Crippen LogP contribution in [0.25, 0.3) is 10.8 Å². The molecule has 28 heavy (non-hydrogen) atoms. The smallest absolute Gasteiger partial charge is 0.294 e. The number of phenolic OH excluding ortho intramolecular Hbond substituents is 1. The molecule has 0 aliphatic rings. The Morgan fingerprint density at radius 1 is 0.786 bits per heavy atom. The third kappa shape index (κ3) is 4.34. The first kappa shape index (κ1) is 19.9. The van der Waals surface area contributed by atoms with Gasteiger partial charge < -0.3 is 5.11 Å². The Bertz CT molecular complexity index is 1280. The number of aromatic hydroxyl groups is 1. The van der Waals surface area contributed by atoms with E-state index in [0.29, 0.717) is 16.3 Å². The minimum absolute atomic E-state index is 0.0741. The summed E-state index contributed by atoms with van der Waals surface area (Å²) in [6.45, 7) is 0.0741. The molecule has 3 N–H and O–H groups in total. The lowest BCUT2D eigenvalue weighted by atomic mass is 10.1. The molecule has 3 aromatic carbocycles. The molecule has 0 amide bonds. The predicted octanol–water partition coefficient (Wildman–Crippen LogP) is 3.32. The van der Waals surface area contributed by atoms with Crippen molar-refractivity contribution in [1.29, 1.82) is 0 Å². The fraction of sp³-hybridized carbons (Fsp3) is 0.0588. The average Bonchev–Trinajstić information content (AvgIpc) is 2.62. The van der Waals surface area contributed by atoms with Gasteiger partial charge in [0.05, 0.1) is 16.3 Å². The zero-order valence-electron chi connectivity index (χ0n) is 14.1. The highest BCUT2D eigenvalue weighted by molar-refractivity contribution is 7.86. The second-order valence-corrected chi connectivity index (χ2v) is 8.65. The zero-order chi connectivity index (χ0) is 20.5. The largest absolute Gasteiger partial charge is 0.506 e. The Kier molecular flexibility index (Phi) is 5.17. The van der Waals surface area contributed by atoms with Gasteiger partial charge in [-0.05, 0) is 41.3 Å². The van der Waals surface area contributed by atoms with Gasteiger partial charge in [-0.2, -0.15) is 27.1 Å². The zero-order valence-corrected chi connectivity index (χ0v) is 15.7. The van der Waals surface area contributed by atoms with Crippen molar-refractivity contribution in [3.8, 4) is 5.75 Å². The fourth-order valence-corrected chi connectivity index (χ4v) is 3.50. The maximum atomic E-state index is 11.3. The number of azo groups is 1. The summed E-state index contributed by atoms with van der Waals surface area (Å²) in [7, 11) is -8.64. The monoisotopic (exact) mass is 422 g/mol. The Balaban J connectivity index is 1.90. The predicted molar refractivity (Wildman–Crippen MR) is 99.9 cm³/mol. The average molecular weight is 422 g/mol. The maximum Gasteiger partial charge on any atom is 0.294 e. The molecule has 0 atom stereocenters. The van der Waals surface area contributed by atoms with Crippen molar-refractivity contribution < 1.29 is 31.0 Å². The lowest BCUT2D eigenvalue weighted by Gasteiger charge is -2.06. The Morgan fingerprint density at radius 3 is 2.00 bits per heavy atom. The molecule has 0 fully saturated rings. The molecule has 0 aliphatic heterocycles. The molecule has 11 heteroatoms. The van der Waals surface area contributed by atoms with Crippen molar-refractivity contribution in [3.63, 3.8) is 0 Å². The lowest BCUT2D eigenvalue weighted by molar-refractivity contribution is 0.476. The van der Waals surface area contributed by atoms with Crippen LogP contribution >= 0.6 is 0 Å². The minimum Gasteiger partial charge on any atom is -0.506 e. The fourth-order valence-electron chi connectivity index (χ4n) is 2.50. The van der Waals surface area contributed by atoms with Crippen LogP contribution in [0.3, 0.4) is 0 Å². The maximum absolute atomic E-state index is 11.3. The summed E-state index contributed by atoms with van der Waals surface area (Å²) in [5, 5.41) is 18.9. The first-order valence-electron chi connectivity index (χ1n) is 7.73. The quantitative estimate of drug-likeness (QED) is 0.421. The van der Waals surface area contributed by atoms with Gasteiger partial charge in [-0.15, -0.1) is 0 Å². The third-order valence-corrected chi connectivity index (χ3v) is 5.60. The number of benzene rings is 3. The molecule has 0 unspecified atom stereocenters. The third-order valence-electron chi connectivity index (χ3n) is 3.88. The number of hydrogen-bond donors (Lipinski definition) is 3. The van der Waals surface area contributed by atoms with Gasteiger partial charge in [-0.1, -0.05) is 24.3 Å². The molecule has 0 spiro atoms. The van der Waals surface area contributed by atoms with E-state index in [1.165, 1.54) is 54.6 Å². The molecule has 0 heterocycles. The van der Waals surface area contributed by atoms with Crippen LogP contribution in [0.2, 0.25) is 0 Å². The number of nitrogens with zero attached hydrogens (tertiary/aromatic N) is 2. The molecule has 0 bridgehead atoms. The van der Waals surface area contributed by atoms with E-state index in [-0.39, 0.29) is 27.8 Å². The number of fused-ring (bicyclic) bond motifs is 1. The molecule has 3 aromatic rings. The molecular formula is C17H14N2O7S2. The summed E-state index contributed by atoms with van der Waals surface area (Å²) in [5.74, 6) is -0.169. The Labute approximate surface area is 160 Å². The standard InChI is InChI=1S/C17H14N2O7S2/c20-16-8-3-12-9-14(28(24,25)26)6-7-15(12)17(16)19-18-10-11-1-4-13(5-2-11)27(21,22)23/h1-9,20H,10H2,(H,21,22,23)(H,24,25,26). The SMILES string of the molecule is O=S(=O)(O)c1ccc(CN=Nc2c(O)ccc3cc(S(=O)(=O)O)ccc23)cc1. The summed E-state index contributed by atoms with van der Waals surface area (Å²) < 4.78 is 62.6. The van der Waals surface area contributed by atoms with Crippen molar-refractivity contribution in [2.45, 2.75) is 16.3 Å². The Morgan fingerprint density at radius 2 is 1.39 bits per heavy atom. The van der Waals surface area contributed by atoms with Crippen molar-refractivity contribution in [2.24, 2.45) is 10.2 Å². The number of phenols is 1. The van der Waals surface area contributed by atoms with Gasteiger partial charge in [0.1, 0.15) is 11.4 Å². The highest BCUT2D eigenvalue weighted by atomic mass is 32.2. The van der Waals surface area contributed by atoms with Gasteiger partial charge >= 0.3 is 0 Å². The van der Waals surface area contributed by atoms with Crippen LogP contribution in [0.15, 0.2) is 74.6 Å². The Hall–Kier alpha value is -2.86. The number of rotatable bonds is 5. The summed E-state index contributed by atoms with van der Waals surface area (Å²) >= 11 is 0. The molecular weight excluding hydrogens is 408 g/mol. The van der Waals surface area contributed by atoms with Crippen molar-refractivity contribution in [3.05, 3.63) is 60.2 Å². The molecule has 146 valence electrons. The van der Waals surface area contributed by atoms with E-state index in [4.69, 9.17) is 9.11 Å². The van der Waals surface area contributed by atoms with E-state index in [0.717, 1.165) is 0 Å². The second-order valence-electron chi connectivity index (χ2n) is 5.81. The molecule has 0 saturated carbocycles. The highest BCUT2D eigenvalue weighted by Gasteiger charge is 2.13. The van der Waals surface area contributed by atoms with Crippen LogP contribution in [0, 0.1) is 0 Å². The number of hydrogen-bond acceptors (Lipinski definition) is 7. The van der Waals surface area contributed by atoms with Gasteiger partial charge in [-0.3, -0.25) is 9.11 Å². The molecule has 0 aliphatic carbocycles. The molecule has 0 aromatic heterocycles. The van der Waals surface area contributed by atoms with Crippen LogP contribution in [-0.2, 0) is 26.8 Å². The van der Waals surface area contributed by atoms with Crippen LogP contribution in [0.1, 0.15) is 5.56 Å². The van der Waals surface area contributed by atoms with E-state index >= 15 is 0 Å². The minimum atomic E-state index is -4.36. The van der Waals surface area contributed by atoms with E-state index in [2.05, 4.69) is 10.2 Å². The van der Waals surface area contributed by atoms with Gasteiger partial charge in [-0.25, -0.2) is 0 Å².